The van der Waals surface area contributed by atoms with Crippen molar-refractivity contribution in [2.75, 3.05) is 13.1 Å². The summed E-state index contributed by atoms with van der Waals surface area (Å²) in [6, 6.07) is 0. The molecule has 2 heterocycles. The van der Waals surface area contributed by atoms with E-state index in [0.29, 0.717) is 5.84 Å². The van der Waals surface area contributed by atoms with E-state index in [1.165, 1.54) is 0 Å². The predicted molar refractivity (Wildman–Crippen MR) is 72.9 cm³/mol. The van der Waals surface area contributed by atoms with E-state index in [1.54, 1.807) is 4.68 Å². The van der Waals surface area contributed by atoms with Crippen molar-refractivity contribution in [2.45, 2.75) is 26.3 Å². The molecule has 1 fully saturated rings. The zero-order valence-electron chi connectivity index (χ0n) is 10.9. The number of piperidine rings is 1. The van der Waals surface area contributed by atoms with Crippen LogP contribution in [0, 0.1) is 18.3 Å². The summed E-state index contributed by atoms with van der Waals surface area (Å²) < 4.78 is 1.72. The van der Waals surface area contributed by atoms with E-state index >= 15 is 0 Å². The number of aromatic nitrogens is 2. The van der Waals surface area contributed by atoms with Gasteiger partial charge in [0.25, 0.3) is 0 Å². The lowest BCUT2D eigenvalue weighted by Gasteiger charge is -2.31. The lowest BCUT2D eigenvalue weighted by atomic mass is 9.95. The molecule has 1 aromatic heterocycles. The molecule has 5 nitrogen and oxygen atoms in total. The van der Waals surface area contributed by atoms with E-state index in [0.717, 1.165) is 48.9 Å². The number of hydrogen-bond acceptors (Lipinski definition) is 3. The maximum absolute atomic E-state index is 7.47. The van der Waals surface area contributed by atoms with Gasteiger partial charge in [-0.1, -0.05) is 11.6 Å². The van der Waals surface area contributed by atoms with Crippen molar-refractivity contribution < 1.29 is 0 Å². The van der Waals surface area contributed by atoms with Crippen LogP contribution in [-0.4, -0.2) is 33.6 Å². The zero-order valence-corrected chi connectivity index (χ0v) is 11.7. The fourth-order valence-electron chi connectivity index (χ4n) is 2.48. The van der Waals surface area contributed by atoms with Gasteiger partial charge in [0.1, 0.15) is 5.15 Å². The standard InChI is InChI=1S/C12H20ClN5/c1-8-10(11(13)17(2)16-8)7-18-5-3-9(4-6-18)12(14)15/h9H,3-7H2,1-2H3,(H3,14,15). The lowest BCUT2D eigenvalue weighted by molar-refractivity contribution is 0.201. The molecule has 100 valence electrons. The summed E-state index contributed by atoms with van der Waals surface area (Å²) in [6.07, 6.45) is 1.93. The number of nitrogens with zero attached hydrogens (tertiary/aromatic N) is 3. The molecule has 0 radical (unpaired) electrons. The van der Waals surface area contributed by atoms with Gasteiger partial charge in [0.2, 0.25) is 0 Å². The van der Waals surface area contributed by atoms with Gasteiger partial charge in [-0.15, -0.1) is 0 Å². The molecule has 2 rings (SSSR count). The van der Waals surface area contributed by atoms with Gasteiger partial charge in [-0.3, -0.25) is 15.0 Å². The van der Waals surface area contributed by atoms with Gasteiger partial charge >= 0.3 is 0 Å². The third kappa shape index (κ3) is 2.67. The Morgan fingerprint density at radius 1 is 1.50 bits per heavy atom. The second kappa shape index (κ2) is 5.28. The molecule has 1 saturated heterocycles. The third-order valence-corrected chi connectivity index (χ3v) is 4.15. The monoisotopic (exact) mass is 269 g/mol. The Bertz CT molecular complexity index is 446. The molecule has 0 aliphatic carbocycles. The average Bonchev–Trinajstić information content (AvgIpc) is 2.57. The molecule has 0 amide bonds. The highest BCUT2D eigenvalue weighted by Crippen LogP contribution is 2.24. The second-order valence-electron chi connectivity index (χ2n) is 4.98. The summed E-state index contributed by atoms with van der Waals surface area (Å²) in [5.74, 6) is 0.581. The van der Waals surface area contributed by atoms with Gasteiger partial charge in [-0.25, -0.2) is 0 Å². The highest BCUT2D eigenvalue weighted by molar-refractivity contribution is 6.30. The Kier molecular flexibility index (Phi) is 3.92. The van der Waals surface area contributed by atoms with Crippen LogP contribution in [0.5, 0.6) is 0 Å². The number of rotatable bonds is 3. The molecule has 0 unspecified atom stereocenters. The van der Waals surface area contributed by atoms with Gasteiger partial charge in [-0.05, 0) is 32.9 Å². The van der Waals surface area contributed by atoms with E-state index in [1.807, 2.05) is 14.0 Å². The Morgan fingerprint density at radius 3 is 2.56 bits per heavy atom. The largest absolute Gasteiger partial charge is 0.387 e. The number of hydrogen-bond donors (Lipinski definition) is 2. The maximum atomic E-state index is 7.47. The first-order chi connectivity index (χ1) is 8.49. The Morgan fingerprint density at radius 2 is 2.11 bits per heavy atom. The van der Waals surface area contributed by atoms with E-state index in [-0.39, 0.29) is 5.92 Å². The van der Waals surface area contributed by atoms with Crippen LogP contribution < -0.4 is 5.73 Å². The molecule has 3 N–H and O–H groups in total. The van der Waals surface area contributed by atoms with E-state index in [2.05, 4.69) is 10.00 Å². The number of aryl methyl sites for hydroxylation is 2. The van der Waals surface area contributed by atoms with Gasteiger partial charge in [-0.2, -0.15) is 5.10 Å². The first-order valence-corrected chi connectivity index (χ1v) is 6.61. The predicted octanol–water partition coefficient (Wildman–Crippen LogP) is 1.53. The smallest absolute Gasteiger partial charge is 0.131 e. The zero-order chi connectivity index (χ0) is 13.3. The minimum atomic E-state index is 0.256. The highest BCUT2D eigenvalue weighted by atomic mass is 35.5. The fourth-order valence-corrected chi connectivity index (χ4v) is 2.71. The van der Waals surface area contributed by atoms with Crippen LogP contribution in [-0.2, 0) is 13.6 Å². The molecule has 0 spiro atoms. The molecule has 0 saturated carbocycles. The molecule has 1 aliphatic rings. The molecule has 0 aromatic carbocycles. The van der Waals surface area contributed by atoms with Crippen LogP contribution >= 0.6 is 11.6 Å². The number of nitrogens with one attached hydrogen (secondary N) is 1. The van der Waals surface area contributed by atoms with Crippen LogP contribution in [0.25, 0.3) is 0 Å². The summed E-state index contributed by atoms with van der Waals surface area (Å²) in [5, 5.41) is 12.5. The van der Waals surface area contributed by atoms with Gasteiger partial charge < -0.3 is 5.73 Å². The van der Waals surface area contributed by atoms with Gasteiger partial charge in [0, 0.05) is 25.1 Å². The van der Waals surface area contributed by atoms with E-state index in [9.17, 15) is 0 Å². The highest BCUT2D eigenvalue weighted by Gasteiger charge is 2.23. The van der Waals surface area contributed by atoms with Crippen molar-refractivity contribution in [1.82, 2.24) is 14.7 Å². The Balaban J connectivity index is 1.97. The van der Waals surface area contributed by atoms with Crippen molar-refractivity contribution in [3.8, 4) is 0 Å². The average molecular weight is 270 g/mol. The number of amidine groups is 1. The minimum absolute atomic E-state index is 0.256. The molecule has 18 heavy (non-hydrogen) atoms. The van der Waals surface area contributed by atoms with Crippen molar-refractivity contribution in [3.05, 3.63) is 16.4 Å². The lowest BCUT2D eigenvalue weighted by Crippen LogP contribution is -2.37. The number of likely N-dealkylation sites (tertiary alicyclic amines) is 1. The van der Waals surface area contributed by atoms with Gasteiger partial charge in [0.05, 0.1) is 11.5 Å². The van der Waals surface area contributed by atoms with Crippen LogP contribution in [0.2, 0.25) is 5.15 Å². The Labute approximate surface area is 112 Å². The maximum Gasteiger partial charge on any atom is 0.131 e. The minimum Gasteiger partial charge on any atom is -0.387 e. The van der Waals surface area contributed by atoms with E-state index in [4.69, 9.17) is 22.7 Å². The molecule has 0 atom stereocenters. The topological polar surface area (TPSA) is 70.9 Å². The quantitative estimate of drug-likeness (QED) is 0.646. The molecule has 1 aromatic rings. The summed E-state index contributed by atoms with van der Waals surface area (Å²) >= 11 is 6.23. The summed E-state index contributed by atoms with van der Waals surface area (Å²) in [6.45, 7) is 4.76. The van der Waals surface area contributed by atoms with Crippen molar-refractivity contribution in [2.24, 2.45) is 18.7 Å². The first kappa shape index (κ1) is 13.4. The van der Waals surface area contributed by atoms with E-state index < -0.39 is 0 Å². The molecular formula is C12H20ClN5. The summed E-state index contributed by atoms with van der Waals surface area (Å²) in [4.78, 5) is 2.36. The third-order valence-electron chi connectivity index (χ3n) is 3.68. The van der Waals surface area contributed by atoms with Crippen LogP contribution in [0.1, 0.15) is 24.1 Å². The van der Waals surface area contributed by atoms with Gasteiger partial charge in [0.15, 0.2) is 0 Å². The normalized spacial score (nSPS) is 18.2. The first-order valence-electron chi connectivity index (χ1n) is 6.23. The number of halogens is 1. The van der Waals surface area contributed by atoms with Crippen LogP contribution in [0.3, 0.4) is 0 Å². The number of nitrogens with two attached hydrogens (primary N) is 1. The summed E-state index contributed by atoms with van der Waals surface area (Å²) in [5.41, 5.74) is 7.66. The van der Waals surface area contributed by atoms with Crippen molar-refractivity contribution in [1.29, 1.82) is 5.41 Å². The summed E-state index contributed by atoms with van der Waals surface area (Å²) in [7, 11) is 1.86. The molecule has 0 bridgehead atoms. The van der Waals surface area contributed by atoms with Crippen molar-refractivity contribution >= 4 is 17.4 Å². The molecule has 6 heteroatoms. The fraction of sp³-hybridized carbons (Fsp3) is 0.667. The van der Waals surface area contributed by atoms with Crippen LogP contribution in [0.4, 0.5) is 0 Å². The van der Waals surface area contributed by atoms with Crippen molar-refractivity contribution in [3.63, 3.8) is 0 Å². The second-order valence-corrected chi connectivity index (χ2v) is 5.34. The Hall–Kier alpha value is -1.07. The molecular weight excluding hydrogens is 250 g/mol. The van der Waals surface area contributed by atoms with Crippen LogP contribution in [0.15, 0.2) is 0 Å². The SMILES string of the molecule is Cc1nn(C)c(Cl)c1CN1CCC(C(=N)N)CC1. The molecule has 1 aliphatic heterocycles.